The first-order chi connectivity index (χ1) is 6.76. The molecule has 0 aromatic rings. The molecule has 1 unspecified atom stereocenters. The maximum absolute atomic E-state index is 9.88. The van der Waals surface area contributed by atoms with Gasteiger partial charge in [-0.15, -0.1) is 0 Å². The van der Waals surface area contributed by atoms with Crippen LogP contribution in [0, 0.1) is 5.92 Å². The van der Waals surface area contributed by atoms with Crippen molar-refractivity contribution in [3.63, 3.8) is 0 Å². The summed E-state index contributed by atoms with van der Waals surface area (Å²) < 4.78 is 0. The maximum Gasteiger partial charge on any atom is 0.0580 e. The summed E-state index contributed by atoms with van der Waals surface area (Å²) in [6.07, 6.45) is 7.83. The van der Waals surface area contributed by atoms with Gasteiger partial charge in [0.1, 0.15) is 0 Å². The van der Waals surface area contributed by atoms with E-state index in [1.165, 1.54) is 25.7 Å². The van der Waals surface area contributed by atoms with Gasteiger partial charge < -0.3 is 10.8 Å². The Morgan fingerprint density at radius 2 is 1.50 bits per heavy atom. The lowest BCUT2D eigenvalue weighted by Crippen LogP contribution is -2.23. The monoisotopic (exact) mass is 201 g/mol. The largest absolute Gasteiger partial charge is 0.393 e. The smallest absolute Gasteiger partial charge is 0.0580 e. The zero-order chi connectivity index (χ0) is 10.8. The third kappa shape index (κ3) is 6.39. The molecule has 0 bridgehead atoms. The zero-order valence-corrected chi connectivity index (χ0v) is 9.84. The summed E-state index contributed by atoms with van der Waals surface area (Å²) in [6, 6.07) is 0. The molecule has 0 saturated carbocycles. The Bertz CT molecular complexity index is 109. The van der Waals surface area contributed by atoms with Gasteiger partial charge in [0, 0.05) is 0 Å². The molecule has 0 aromatic carbocycles. The van der Waals surface area contributed by atoms with Crippen LogP contribution in [0.5, 0.6) is 0 Å². The van der Waals surface area contributed by atoms with E-state index in [0.717, 1.165) is 19.3 Å². The van der Waals surface area contributed by atoms with Crippen molar-refractivity contribution in [3.05, 3.63) is 0 Å². The number of hydrogen-bond acceptors (Lipinski definition) is 2. The van der Waals surface area contributed by atoms with Gasteiger partial charge in [0.2, 0.25) is 0 Å². The number of nitrogens with two attached hydrogens (primary N) is 1. The minimum atomic E-state index is -0.168. The van der Waals surface area contributed by atoms with E-state index in [1.54, 1.807) is 0 Å². The van der Waals surface area contributed by atoms with Gasteiger partial charge >= 0.3 is 0 Å². The summed E-state index contributed by atoms with van der Waals surface area (Å²) in [7, 11) is 0. The van der Waals surface area contributed by atoms with Crippen molar-refractivity contribution in [1.29, 1.82) is 0 Å². The van der Waals surface area contributed by atoms with Crippen molar-refractivity contribution >= 4 is 0 Å². The molecule has 0 aliphatic rings. The fourth-order valence-electron chi connectivity index (χ4n) is 1.87. The van der Waals surface area contributed by atoms with Crippen LogP contribution in [0.2, 0.25) is 0 Å². The third-order valence-electron chi connectivity index (χ3n) is 2.86. The summed E-state index contributed by atoms with van der Waals surface area (Å²) in [5, 5.41) is 9.88. The van der Waals surface area contributed by atoms with Crippen LogP contribution in [0.1, 0.15) is 58.8 Å². The predicted octanol–water partition coefficient (Wildman–Crippen LogP) is 2.69. The molecule has 0 rings (SSSR count). The van der Waals surface area contributed by atoms with Gasteiger partial charge in [-0.3, -0.25) is 0 Å². The van der Waals surface area contributed by atoms with Crippen LogP contribution in [-0.2, 0) is 0 Å². The minimum absolute atomic E-state index is 0.168. The molecular formula is C12H27NO. The molecule has 2 heteroatoms. The molecule has 86 valence electrons. The quantitative estimate of drug-likeness (QED) is 0.602. The highest BCUT2D eigenvalue weighted by Gasteiger charge is 2.16. The third-order valence-corrected chi connectivity index (χ3v) is 2.86. The lowest BCUT2D eigenvalue weighted by atomic mass is 9.89. The van der Waals surface area contributed by atoms with Gasteiger partial charge in [0.15, 0.2) is 0 Å². The Balaban J connectivity index is 3.81. The number of hydrogen-bond donors (Lipinski definition) is 2. The number of rotatable bonds is 9. The van der Waals surface area contributed by atoms with E-state index in [4.69, 9.17) is 5.73 Å². The highest BCUT2D eigenvalue weighted by atomic mass is 16.3. The fraction of sp³-hybridized carbons (Fsp3) is 1.00. The Kier molecular flexibility index (Phi) is 9.42. The highest BCUT2D eigenvalue weighted by molar-refractivity contribution is 4.69. The Hall–Kier alpha value is -0.0800. The second-order valence-electron chi connectivity index (χ2n) is 4.19. The predicted molar refractivity (Wildman–Crippen MR) is 62.2 cm³/mol. The average Bonchev–Trinajstić information content (AvgIpc) is 2.18. The highest BCUT2D eigenvalue weighted by Crippen LogP contribution is 2.21. The van der Waals surface area contributed by atoms with Crippen LogP contribution in [0.25, 0.3) is 0 Å². The lowest BCUT2D eigenvalue weighted by molar-refractivity contribution is 0.0885. The van der Waals surface area contributed by atoms with Gasteiger partial charge in [-0.05, 0) is 31.7 Å². The van der Waals surface area contributed by atoms with Crippen molar-refractivity contribution in [2.75, 3.05) is 6.54 Å². The van der Waals surface area contributed by atoms with E-state index in [-0.39, 0.29) is 6.10 Å². The Morgan fingerprint density at radius 3 is 1.86 bits per heavy atom. The first-order valence-corrected chi connectivity index (χ1v) is 6.14. The van der Waals surface area contributed by atoms with E-state index < -0.39 is 0 Å². The summed E-state index contributed by atoms with van der Waals surface area (Å²) in [4.78, 5) is 0. The molecule has 1 atom stereocenters. The van der Waals surface area contributed by atoms with Gasteiger partial charge in [0.25, 0.3) is 0 Å². The molecule has 0 fully saturated rings. The minimum Gasteiger partial charge on any atom is -0.393 e. The van der Waals surface area contributed by atoms with Crippen LogP contribution in [0.15, 0.2) is 0 Å². The normalized spacial score (nSPS) is 13.5. The molecule has 14 heavy (non-hydrogen) atoms. The summed E-state index contributed by atoms with van der Waals surface area (Å²) in [6.45, 7) is 5.01. The molecular weight excluding hydrogens is 174 g/mol. The second-order valence-corrected chi connectivity index (χ2v) is 4.19. The molecule has 0 spiro atoms. The van der Waals surface area contributed by atoms with Crippen molar-refractivity contribution in [2.24, 2.45) is 11.7 Å². The number of unbranched alkanes of at least 4 members (excludes halogenated alkanes) is 2. The fourth-order valence-corrected chi connectivity index (χ4v) is 1.87. The SMILES string of the molecule is CCCCC(CCCC)C(O)CCN. The van der Waals surface area contributed by atoms with Crippen LogP contribution in [-0.4, -0.2) is 17.8 Å². The molecule has 2 nitrogen and oxygen atoms in total. The Morgan fingerprint density at radius 1 is 1.00 bits per heavy atom. The summed E-state index contributed by atoms with van der Waals surface area (Å²) >= 11 is 0. The summed E-state index contributed by atoms with van der Waals surface area (Å²) in [5.41, 5.74) is 5.46. The molecule has 0 amide bonds. The van der Waals surface area contributed by atoms with Crippen molar-refractivity contribution in [3.8, 4) is 0 Å². The molecule has 0 radical (unpaired) electrons. The molecule has 0 aliphatic carbocycles. The first-order valence-electron chi connectivity index (χ1n) is 6.14. The second kappa shape index (κ2) is 9.47. The van der Waals surface area contributed by atoms with Crippen LogP contribution >= 0.6 is 0 Å². The Labute approximate surface area is 88.9 Å². The maximum atomic E-state index is 9.88. The number of aliphatic hydroxyl groups is 1. The molecule has 0 heterocycles. The van der Waals surface area contributed by atoms with Crippen molar-refractivity contribution in [2.45, 2.75) is 64.9 Å². The standard InChI is InChI=1S/C12H27NO/c1-3-5-7-11(8-6-4-2)12(14)9-10-13/h11-12,14H,3-10,13H2,1-2H3. The van der Waals surface area contributed by atoms with E-state index in [9.17, 15) is 5.11 Å². The van der Waals surface area contributed by atoms with Gasteiger partial charge in [-0.25, -0.2) is 0 Å². The van der Waals surface area contributed by atoms with Gasteiger partial charge in [-0.1, -0.05) is 39.5 Å². The first kappa shape index (κ1) is 13.9. The molecule has 0 saturated heterocycles. The van der Waals surface area contributed by atoms with E-state index >= 15 is 0 Å². The van der Waals surface area contributed by atoms with Crippen molar-refractivity contribution in [1.82, 2.24) is 0 Å². The topological polar surface area (TPSA) is 46.2 Å². The van der Waals surface area contributed by atoms with Crippen LogP contribution in [0.4, 0.5) is 0 Å². The number of aliphatic hydroxyl groups excluding tert-OH is 1. The van der Waals surface area contributed by atoms with Crippen molar-refractivity contribution < 1.29 is 5.11 Å². The molecule has 0 aromatic heterocycles. The van der Waals surface area contributed by atoms with Gasteiger partial charge in [-0.2, -0.15) is 0 Å². The lowest BCUT2D eigenvalue weighted by Gasteiger charge is -2.22. The summed E-state index contributed by atoms with van der Waals surface area (Å²) in [5.74, 6) is 0.485. The average molecular weight is 201 g/mol. The van der Waals surface area contributed by atoms with E-state index in [0.29, 0.717) is 12.5 Å². The van der Waals surface area contributed by atoms with Crippen LogP contribution in [0.3, 0.4) is 0 Å². The zero-order valence-electron chi connectivity index (χ0n) is 9.84. The van der Waals surface area contributed by atoms with E-state index in [1.807, 2.05) is 0 Å². The molecule has 3 N–H and O–H groups in total. The van der Waals surface area contributed by atoms with Crippen LogP contribution < -0.4 is 5.73 Å². The van der Waals surface area contributed by atoms with E-state index in [2.05, 4.69) is 13.8 Å². The van der Waals surface area contributed by atoms with Gasteiger partial charge in [0.05, 0.1) is 6.10 Å². The molecule has 0 aliphatic heterocycles.